The number of pyridine rings is 1. The van der Waals surface area contributed by atoms with Gasteiger partial charge in [0.05, 0.1) is 6.54 Å². The fourth-order valence-corrected chi connectivity index (χ4v) is 2.74. The van der Waals surface area contributed by atoms with Gasteiger partial charge < -0.3 is 24.7 Å². The molecule has 1 aliphatic heterocycles. The van der Waals surface area contributed by atoms with E-state index in [0.29, 0.717) is 25.3 Å². The summed E-state index contributed by atoms with van der Waals surface area (Å²) in [5, 5.41) is 0. The van der Waals surface area contributed by atoms with Gasteiger partial charge in [0.25, 0.3) is 11.8 Å². The van der Waals surface area contributed by atoms with Gasteiger partial charge in [0.15, 0.2) is 23.1 Å². The van der Waals surface area contributed by atoms with Crippen LogP contribution in [0.2, 0.25) is 0 Å². The first-order valence-electron chi connectivity index (χ1n) is 7.93. The van der Waals surface area contributed by atoms with Crippen LogP contribution in [-0.2, 0) is 0 Å². The normalized spacial score (nSPS) is 16.7. The van der Waals surface area contributed by atoms with Gasteiger partial charge in [-0.3, -0.25) is 9.59 Å². The van der Waals surface area contributed by atoms with Gasteiger partial charge in [0.1, 0.15) is 6.10 Å². The Bertz CT molecular complexity index is 786. The van der Waals surface area contributed by atoms with Crippen LogP contribution in [0.5, 0.6) is 5.75 Å². The number of anilines is 1. The van der Waals surface area contributed by atoms with Crippen LogP contribution in [0, 0.1) is 0 Å². The van der Waals surface area contributed by atoms with Crippen LogP contribution in [0.1, 0.15) is 27.5 Å². The second-order valence-electron chi connectivity index (χ2n) is 6.03. The third-order valence-corrected chi connectivity index (χ3v) is 3.96. The number of ether oxygens (including phenoxy) is 1. The summed E-state index contributed by atoms with van der Waals surface area (Å²) in [6, 6.07) is 6.54. The Labute approximate surface area is 145 Å². The molecule has 2 aromatic heterocycles. The molecule has 0 aromatic carbocycles. The second kappa shape index (κ2) is 6.84. The molecule has 2 amide bonds. The van der Waals surface area contributed by atoms with Crippen molar-refractivity contribution in [1.29, 1.82) is 0 Å². The second-order valence-corrected chi connectivity index (χ2v) is 6.03. The average molecular weight is 344 g/mol. The molecule has 3 rings (SSSR count). The van der Waals surface area contributed by atoms with Gasteiger partial charge in [-0.05, 0) is 24.3 Å². The van der Waals surface area contributed by atoms with E-state index in [0.717, 1.165) is 5.82 Å². The lowest BCUT2D eigenvalue weighted by molar-refractivity contribution is 0.0738. The minimum absolute atomic E-state index is 0.0265. The molecule has 2 aromatic rings. The van der Waals surface area contributed by atoms with Gasteiger partial charge in [0, 0.05) is 33.3 Å². The Morgan fingerprint density at radius 1 is 1.32 bits per heavy atom. The summed E-state index contributed by atoms with van der Waals surface area (Å²) in [5.74, 6) is 0.517. The van der Waals surface area contributed by atoms with E-state index in [1.54, 1.807) is 11.1 Å². The van der Waals surface area contributed by atoms with Gasteiger partial charge in [0.2, 0.25) is 0 Å². The van der Waals surface area contributed by atoms with Crippen molar-refractivity contribution >= 4 is 17.6 Å². The summed E-state index contributed by atoms with van der Waals surface area (Å²) >= 11 is 0. The molecule has 8 heteroatoms. The Morgan fingerprint density at radius 3 is 2.76 bits per heavy atom. The topological polar surface area (TPSA) is 102 Å². The number of carbonyl (C=O) groups is 2. The number of carbonyl (C=O) groups excluding carboxylic acids is 2. The maximum absolute atomic E-state index is 12.5. The van der Waals surface area contributed by atoms with Gasteiger partial charge in [-0.2, -0.15) is 0 Å². The predicted octanol–water partition coefficient (Wildman–Crippen LogP) is 1.13. The Morgan fingerprint density at radius 2 is 2.08 bits per heavy atom. The molecule has 3 heterocycles. The predicted molar refractivity (Wildman–Crippen MR) is 90.7 cm³/mol. The monoisotopic (exact) mass is 344 g/mol. The summed E-state index contributed by atoms with van der Waals surface area (Å²) in [6.07, 6.45) is 2.29. The van der Waals surface area contributed by atoms with E-state index in [2.05, 4.69) is 4.98 Å². The zero-order chi connectivity index (χ0) is 18.0. The first-order valence-corrected chi connectivity index (χ1v) is 7.93. The van der Waals surface area contributed by atoms with Crippen LogP contribution in [0.3, 0.4) is 0 Å². The number of furan rings is 1. The average Bonchev–Trinajstić information content (AvgIpc) is 3.24. The Kier molecular flexibility index (Phi) is 4.60. The molecular weight excluding hydrogens is 324 g/mol. The Hall–Kier alpha value is -3.03. The molecule has 1 saturated heterocycles. The highest BCUT2D eigenvalue weighted by atomic mass is 16.5. The fourth-order valence-electron chi connectivity index (χ4n) is 2.74. The molecule has 1 aliphatic rings. The van der Waals surface area contributed by atoms with E-state index in [1.165, 1.54) is 12.1 Å². The van der Waals surface area contributed by atoms with E-state index >= 15 is 0 Å². The summed E-state index contributed by atoms with van der Waals surface area (Å²) < 4.78 is 11.2. The van der Waals surface area contributed by atoms with Crippen LogP contribution < -0.4 is 15.4 Å². The molecule has 132 valence electrons. The molecule has 0 spiro atoms. The molecule has 2 N–H and O–H groups in total. The zero-order valence-corrected chi connectivity index (χ0v) is 14.1. The van der Waals surface area contributed by atoms with Crippen molar-refractivity contribution in [3.8, 4) is 5.75 Å². The molecule has 0 radical (unpaired) electrons. The van der Waals surface area contributed by atoms with E-state index in [9.17, 15) is 9.59 Å². The van der Waals surface area contributed by atoms with Crippen molar-refractivity contribution in [2.75, 3.05) is 32.1 Å². The van der Waals surface area contributed by atoms with Crippen LogP contribution in [0.15, 0.2) is 34.9 Å². The minimum atomic E-state index is -0.700. The minimum Gasteiger partial charge on any atom is -0.485 e. The lowest BCUT2D eigenvalue weighted by Gasteiger charge is -2.20. The molecule has 1 atom stereocenters. The number of rotatable bonds is 5. The molecule has 8 nitrogen and oxygen atoms in total. The third-order valence-electron chi connectivity index (χ3n) is 3.96. The number of hydrogen-bond donors (Lipinski definition) is 1. The first kappa shape index (κ1) is 16.8. The summed E-state index contributed by atoms with van der Waals surface area (Å²) in [7, 11) is 3.79. The Balaban J connectivity index is 1.65. The van der Waals surface area contributed by atoms with Crippen molar-refractivity contribution < 1.29 is 18.7 Å². The number of aromatic nitrogens is 1. The van der Waals surface area contributed by atoms with Crippen molar-refractivity contribution in [3.05, 3.63) is 42.0 Å². The summed E-state index contributed by atoms with van der Waals surface area (Å²) in [4.78, 5) is 31.4. The molecule has 0 saturated carbocycles. The van der Waals surface area contributed by atoms with E-state index in [1.807, 2.05) is 31.1 Å². The first-order chi connectivity index (χ1) is 12.0. The molecule has 1 fully saturated rings. The van der Waals surface area contributed by atoms with Crippen molar-refractivity contribution in [2.45, 2.75) is 12.5 Å². The van der Waals surface area contributed by atoms with Gasteiger partial charge in [-0.1, -0.05) is 0 Å². The smallest absolute Gasteiger partial charge is 0.289 e. The standard InChI is InChI=1S/C17H20N4O4/c1-20(2)16-13(4-3-8-19-16)24-11-7-9-21(10-11)17(23)14-6-5-12(25-14)15(18)22/h3-6,8,11H,7,9-10H2,1-2H3,(H2,18,22)/t11-/m1/s1. The van der Waals surface area contributed by atoms with E-state index in [4.69, 9.17) is 14.9 Å². The highest BCUT2D eigenvalue weighted by molar-refractivity contribution is 5.95. The van der Waals surface area contributed by atoms with E-state index in [-0.39, 0.29) is 23.5 Å². The van der Waals surface area contributed by atoms with Crippen LogP contribution in [-0.4, -0.2) is 55.0 Å². The zero-order valence-electron chi connectivity index (χ0n) is 14.1. The summed E-state index contributed by atoms with van der Waals surface area (Å²) in [5.41, 5.74) is 5.14. The maximum Gasteiger partial charge on any atom is 0.289 e. The number of likely N-dealkylation sites (tertiary alicyclic amines) is 1. The van der Waals surface area contributed by atoms with Crippen LogP contribution in [0.4, 0.5) is 5.82 Å². The number of primary amides is 1. The molecular formula is C17H20N4O4. The molecule has 0 aliphatic carbocycles. The number of amides is 2. The van der Waals surface area contributed by atoms with Gasteiger partial charge in [-0.25, -0.2) is 4.98 Å². The number of nitrogens with two attached hydrogens (primary N) is 1. The molecule has 25 heavy (non-hydrogen) atoms. The SMILES string of the molecule is CN(C)c1ncccc1O[C@@H]1CCN(C(=O)c2ccc(C(N)=O)o2)C1. The number of nitrogens with zero attached hydrogens (tertiary/aromatic N) is 3. The lowest BCUT2D eigenvalue weighted by Crippen LogP contribution is -2.31. The summed E-state index contributed by atoms with van der Waals surface area (Å²) in [6.45, 7) is 0.987. The number of hydrogen-bond acceptors (Lipinski definition) is 6. The van der Waals surface area contributed by atoms with Gasteiger partial charge >= 0.3 is 0 Å². The van der Waals surface area contributed by atoms with Crippen molar-refractivity contribution in [2.24, 2.45) is 5.73 Å². The fraction of sp³-hybridized carbons (Fsp3) is 0.353. The maximum atomic E-state index is 12.5. The highest BCUT2D eigenvalue weighted by Crippen LogP contribution is 2.27. The molecule has 0 bridgehead atoms. The van der Waals surface area contributed by atoms with E-state index < -0.39 is 5.91 Å². The van der Waals surface area contributed by atoms with Crippen LogP contribution >= 0.6 is 0 Å². The largest absolute Gasteiger partial charge is 0.485 e. The van der Waals surface area contributed by atoms with Crippen LogP contribution in [0.25, 0.3) is 0 Å². The van der Waals surface area contributed by atoms with Gasteiger partial charge in [-0.15, -0.1) is 0 Å². The highest BCUT2D eigenvalue weighted by Gasteiger charge is 2.30. The quantitative estimate of drug-likeness (QED) is 0.872. The molecule has 0 unspecified atom stereocenters. The lowest BCUT2D eigenvalue weighted by atomic mass is 10.3. The van der Waals surface area contributed by atoms with Crippen molar-refractivity contribution in [1.82, 2.24) is 9.88 Å². The van der Waals surface area contributed by atoms with Crippen molar-refractivity contribution in [3.63, 3.8) is 0 Å². The third kappa shape index (κ3) is 3.57.